The summed E-state index contributed by atoms with van der Waals surface area (Å²) >= 11 is 0. The van der Waals surface area contributed by atoms with E-state index < -0.39 is 16.6 Å². The van der Waals surface area contributed by atoms with Crippen molar-refractivity contribution in [2.24, 2.45) is 0 Å². The van der Waals surface area contributed by atoms with E-state index in [0.717, 1.165) is 19.4 Å². The molecule has 0 amide bonds. The summed E-state index contributed by atoms with van der Waals surface area (Å²) in [6, 6.07) is 3.75. The minimum Gasteiger partial charge on any atom is -0.417 e. The molecule has 0 aliphatic heterocycles. The van der Waals surface area contributed by atoms with Gasteiger partial charge < -0.3 is 8.85 Å². The number of hydrogen-bond donors (Lipinski definition) is 0. The lowest BCUT2D eigenvalue weighted by Gasteiger charge is -2.39. The molecular weight excluding hydrogens is 316 g/mol. The average Bonchev–Trinajstić information content (AvgIpc) is 2.47. The third-order valence-electron chi connectivity index (χ3n) is 5.89. The van der Waals surface area contributed by atoms with Gasteiger partial charge in [-0.25, -0.2) is 0 Å². The molecule has 2 nitrogen and oxygen atoms in total. The molecule has 0 aromatic heterocycles. The standard InChI is InChI=1S/C19H44O2Si2/c1-10-15-18(21-22(8,9)19(5,6)7)16-14-17-20-23(11-2,12-3)13-4/h18H,10-17H2,1-9H3. The lowest BCUT2D eigenvalue weighted by Crippen LogP contribution is -2.44. The van der Waals surface area contributed by atoms with Gasteiger partial charge in [-0.2, -0.15) is 0 Å². The van der Waals surface area contributed by atoms with Gasteiger partial charge in [0.1, 0.15) is 0 Å². The van der Waals surface area contributed by atoms with E-state index >= 15 is 0 Å². The molecule has 0 bridgehead atoms. The molecule has 23 heavy (non-hydrogen) atoms. The zero-order chi connectivity index (χ0) is 18.1. The third kappa shape index (κ3) is 7.85. The Morgan fingerprint density at radius 3 is 1.78 bits per heavy atom. The summed E-state index contributed by atoms with van der Waals surface area (Å²) in [5, 5.41) is 0.296. The van der Waals surface area contributed by atoms with Crippen molar-refractivity contribution in [1.29, 1.82) is 0 Å². The highest BCUT2D eigenvalue weighted by Crippen LogP contribution is 2.38. The Kier molecular flexibility index (Phi) is 10.5. The van der Waals surface area contributed by atoms with Crippen LogP contribution in [0.1, 0.15) is 74.1 Å². The smallest absolute Gasteiger partial charge is 0.192 e. The molecule has 0 rings (SSSR count). The van der Waals surface area contributed by atoms with Gasteiger partial charge in [0.25, 0.3) is 0 Å². The normalized spacial score (nSPS) is 15.0. The Morgan fingerprint density at radius 1 is 0.870 bits per heavy atom. The maximum Gasteiger partial charge on any atom is 0.192 e. The first-order valence-corrected chi connectivity index (χ1v) is 15.3. The molecule has 0 heterocycles. The second-order valence-corrected chi connectivity index (χ2v) is 18.1. The van der Waals surface area contributed by atoms with Crippen molar-refractivity contribution in [2.75, 3.05) is 6.61 Å². The van der Waals surface area contributed by atoms with E-state index in [1.165, 1.54) is 31.0 Å². The van der Waals surface area contributed by atoms with Gasteiger partial charge in [-0.15, -0.1) is 0 Å². The van der Waals surface area contributed by atoms with Crippen LogP contribution in [0.15, 0.2) is 0 Å². The lowest BCUT2D eigenvalue weighted by molar-refractivity contribution is 0.148. The first-order valence-electron chi connectivity index (χ1n) is 9.89. The van der Waals surface area contributed by atoms with Crippen LogP contribution in [-0.2, 0) is 8.85 Å². The Hall–Kier alpha value is 0.354. The summed E-state index contributed by atoms with van der Waals surface area (Å²) in [6.45, 7) is 21.8. The predicted molar refractivity (Wildman–Crippen MR) is 109 cm³/mol. The van der Waals surface area contributed by atoms with Crippen LogP contribution in [0, 0.1) is 0 Å². The van der Waals surface area contributed by atoms with Crippen molar-refractivity contribution in [3.05, 3.63) is 0 Å². The van der Waals surface area contributed by atoms with Crippen LogP contribution in [-0.4, -0.2) is 29.3 Å². The van der Waals surface area contributed by atoms with E-state index in [1.807, 2.05) is 0 Å². The molecule has 0 aliphatic carbocycles. The minimum atomic E-state index is -1.65. The number of hydrogen-bond acceptors (Lipinski definition) is 2. The first-order chi connectivity index (χ1) is 10.6. The Balaban J connectivity index is 4.46. The van der Waals surface area contributed by atoms with Crippen LogP contribution in [0.5, 0.6) is 0 Å². The van der Waals surface area contributed by atoms with Gasteiger partial charge in [0.2, 0.25) is 0 Å². The molecule has 0 aromatic rings. The zero-order valence-corrected chi connectivity index (χ0v) is 19.6. The molecule has 0 saturated carbocycles. The summed E-state index contributed by atoms with van der Waals surface area (Å²) < 4.78 is 13.0. The van der Waals surface area contributed by atoms with Crippen LogP contribution in [0.2, 0.25) is 36.3 Å². The number of rotatable bonds is 12. The molecule has 0 spiro atoms. The van der Waals surface area contributed by atoms with E-state index in [0.29, 0.717) is 11.1 Å². The van der Waals surface area contributed by atoms with Crippen molar-refractivity contribution in [2.45, 2.75) is 117 Å². The van der Waals surface area contributed by atoms with Crippen LogP contribution >= 0.6 is 0 Å². The van der Waals surface area contributed by atoms with Crippen molar-refractivity contribution in [1.82, 2.24) is 0 Å². The molecular formula is C19H44O2Si2. The molecule has 0 radical (unpaired) electrons. The summed E-state index contributed by atoms with van der Waals surface area (Å²) in [5.41, 5.74) is 0. The molecule has 140 valence electrons. The minimum absolute atomic E-state index is 0.296. The Labute approximate surface area is 149 Å². The quantitative estimate of drug-likeness (QED) is 0.276. The van der Waals surface area contributed by atoms with E-state index in [9.17, 15) is 0 Å². The maximum absolute atomic E-state index is 6.65. The molecule has 0 aliphatic rings. The van der Waals surface area contributed by atoms with E-state index in [-0.39, 0.29) is 0 Å². The van der Waals surface area contributed by atoms with Gasteiger partial charge in [0.15, 0.2) is 16.6 Å². The summed E-state index contributed by atoms with van der Waals surface area (Å²) in [6.07, 6.45) is 5.11. The largest absolute Gasteiger partial charge is 0.417 e. The fourth-order valence-corrected chi connectivity index (χ4v) is 6.95. The third-order valence-corrected chi connectivity index (χ3v) is 15.1. The van der Waals surface area contributed by atoms with Crippen molar-refractivity contribution in [3.8, 4) is 0 Å². The molecule has 0 fully saturated rings. The van der Waals surface area contributed by atoms with Crippen LogP contribution in [0.4, 0.5) is 0 Å². The van der Waals surface area contributed by atoms with Gasteiger partial charge in [-0.3, -0.25) is 0 Å². The zero-order valence-electron chi connectivity index (χ0n) is 17.6. The van der Waals surface area contributed by atoms with E-state index in [2.05, 4.69) is 61.6 Å². The highest BCUT2D eigenvalue weighted by molar-refractivity contribution is 6.74. The molecule has 0 N–H and O–H groups in total. The molecule has 4 heteroatoms. The van der Waals surface area contributed by atoms with E-state index in [1.54, 1.807) is 0 Å². The first kappa shape index (κ1) is 23.4. The van der Waals surface area contributed by atoms with Gasteiger partial charge >= 0.3 is 0 Å². The second kappa shape index (κ2) is 10.4. The van der Waals surface area contributed by atoms with Crippen molar-refractivity contribution < 1.29 is 8.85 Å². The van der Waals surface area contributed by atoms with Crippen LogP contribution in [0.25, 0.3) is 0 Å². The van der Waals surface area contributed by atoms with Crippen LogP contribution < -0.4 is 0 Å². The van der Waals surface area contributed by atoms with E-state index in [4.69, 9.17) is 8.85 Å². The fourth-order valence-electron chi connectivity index (χ4n) is 2.83. The van der Waals surface area contributed by atoms with Gasteiger partial charge in [-0.05, 0) is 55.5 Å². The average molecular weight is 361 g/mol. The van der Waals surface area contributed by atoms with Gasteiger partial charge in [0.05, 0.1) is 0 Å². The summed E-state index contributed by atoms with van der Waals surface area (Å²) in [5.74, 6) is 0. The predicted octanol–water partition coefficient (Wildman–Crippen LogP) is 6.98. The highest BCUT2D eigenvalue weighted by Gasteiger charge is 2.38. The summed E-state index contributed by atoms with van der Waals surface area (Å²) in [7, 11) is -3.07. The Morgan fingerprint density at radius 2 is 1.39 bits per heavy atom. The van der Waals surface area contributed by atoms with Crippen LogP contribution in [0.3, 0.4) is 0 Å². The monoisotopic (exact) mass is 360 g/mol. The highest BCUT2D eigenvalue weighted by atomic mass is 28.4. The Bertz CT molecular complexity index is 299. The lowest BCUT2D eigenvalue weighted by atomic mass is 10.1. The molecule has 1 atom stereocenters. The molecule has 0 aromatic carbocycles. The SMILES string of the molecule is CCCC(CCCO[Si](CC)(CC)CC)O[Si](C)(C)C(C)(C)C. The molecule has 0 saturated heterocycles. The summed E-state index contributed by atoms with van der Waals surface area (Å²) in [4.78, 5) is 0. The topological polar surface area (TPSA) is 18.5 Å². The van der Waals surface area contributed by atoms with Crippen molar-refractivity contribution >= 4 is 16.6 Å². The maximum atomic E-state index is 6.65. The van der Waals surface area contributed by atoms with Crippen molar-refractivity contribution in [3.63, 3.8) is 0 Å². The van der Waals surface area contributed by atoms with Gasteiger partial charge in [-0.1, -0.05) is 54.9 Å². The fraction of sp³-hybridized carbons (Fsp3) is 1.00. The second-order valence-electron chi connectivity index (χ2n) is 8.52. The molecule has 1 unspecified atom stereocenters. The van der Waals surface area contributed by atoms with Gasteiger partial charge in [0, 0.05) is 12.7 Å².